The molecule has 0 N–H and O–H groups in total. The zero-order valence-corrected chi connectivity index (χ0v) is 14.7. The average molecular weight is 413 g/mol. The van der Waals surface area contributed by atoms with Crippen LogP contribution in [0.4, 0.5) is 0 Å². The maximum Gasteiger partial charge on any atom is 0.253 e. The van der Waals surface area contributed by atoms with Gasteiger partial charge in [0.05, 0.1) is 6.54 Å². The molecule has 2 aromatic rings. The van der Waals surface area contributed by atoms with Gasteiger partial charge in [0.25, 0.3) is 5.91 Å². The Labute approximate surface area is 141 Å². The van der Waals surface area contributed by atoms with E-state index in [0.29, 0.717) is 18.7 Å². The molecule has 0 saturated heterocycles. The quantitative estimate of drug-likeness (QED) is 0.729. The summed E-state index contributed by atoms with van der Waals surface area (Å²) in [5.74, 6) is 0.775. The number of hydrogen-bond acceptors (Lipinski definition) is 2. The van der Waals surface area contributed by atoms with E-state index in [1.165, 1.54) is 0 Å². The largest absolute Gasteiger partial charge is 0.492 e. The number of nitrogens with zero attached hydrogens (tertiary/aromatic N) is 1. The molecule has 0 saturated carbocycles. The first-order chi connectivity index (χ1) is 10.1. The van der Waals surface area contributed by atoms with Crippen LogP contribution in [-0.2, 0) is 0 Å². The van der Waals surface area contributed by atoms with E-state index in [-0.39, 0.29) is 5.91 Å². The Hall–Kier alpha value is -1.33. The Morgan fingerprint density at radius 2 is 1.81 bits per heavy atom. The summed E-state index contributed by atoms with van der Waals surface area (Å²) >= 11 is 6.74. The van der Waals surface area contributed by atoms with Gasteiger partial charge in [-0.25, -0.2) is 0 Å². The number of benzene rings is 2. The van der Waals surface area contributed by atoms with Crippen LogP contribution in [0.1, 0.15) is 10.4 Å². The summed E-state index contributed by atoms with van der Waals surface area (Å²) in [6, 6.07) is 15.0. The molecule has 0 aromatic heterocycles. The molecule has 0 fully saturated rings. The van der Waals surface area contributed by atoms with E-state index in [4.69, 9.17) is 4.74 Å². The number of rotatable bonds is 5. The molecule has 2 rings (SSSR count). The Morgan fingerprint density at radius 1 is 1.10 bits per heavy atom. The lowest BCUT2D eigenvalue weighted by Crippen LogP contribution is -2.30. The van der Waals surface area contributed by atoms with Crippen LogP contribution >= 0.6 is 31.9 Å². The predicted molar refractivity (Wildman–Crippen MR) is 90.7 cm³/mol. The summed E-state index contributed by atoms with van der Waals surface area (Å²) in [5, 5.41) is 0. The van der Waals surface area contributed by atoms with Crippen molar-refractivity contribution >= 4 is 37.8 Å². The molecule has 0 bridgehead atoms. The van der Waals surface area contributed by atoms with Gasteiger partial charge >= 0.3 is 0 Å². The third kappa shape index (κ3) is 4.86. The van der Waals surface area contributed by atoms with Crippen molar-refractivity contribution in [1.29, 1.82) is 0 Å². The molecule has 0 spiro atoms. The number of carbonyl (C=O) groups excluding carboxylic acids is 1. The fraction of sp³-hybridized carbons (Fsp3) is 0.188. The van der Waals surface area contributed by atoms with Crippen LogP contribution in [-0.4, -0.2) is 31.0 Å². The Bertz CT molecular complexity index is 614. The van der Waals surface area contributed by atoms with Crippen molar-refractivity contribution in [2.24, 2.45) is 0 Å². The molecule has 21 heavy (non-hydrogen) atoms. The fourth-order valence-corrected chi connectivity index (χ4v) is 2.44. The highest BCUT2D eigenvalue weighted by Crippen LogP contribution is 2.16. The van der Waals surface area contributed by atoms with Gasteiger partial charge in [0, 0.05) is 21.6 Å². The molecule has 0 unspecified atom stereocenters. The van der Waals surface area contributed by atoms with Crippen molar-refractivity contribution < 1.29 is 9.53 Å². The van der Waals surface area contributed by atoms with Crippen molar-refractivity contribution in [1.82, 2.24) is 4.90 Å². The van der Waals surface area contributed by atoms with Gasteiger partial charge in [-0.1, -0.05) is 37.9 Å². The third-order valence-corrected chi connectivity index (χ3v) is 3.95. The summed E-state index contributed by atoms with van der Waals surface area (Å²) in [6.45, 7) is 0.985. The first-order valence-electron chi connectivity index (χ1n) is 6.45. The average Bonchev–Trinajstić information content (AvgIpc) is 2.48. The molecule has 3 nitrogen and oxygen atoms in total. The summed E-state index contributed by atoms with van der Waals surface area (Å²) in [6.07, 6.45) is 0. The highest BCUT2D eigenvalue weighted by Gasteiger charge is 2.11. The van der Waals surface area contributed by atoms with Crippen molar-refractivity contribution in [2.75, 3.05) is 20.2 Å². The lowest BCUT2D eigenvalue weighted by Gasteiger charge is -2.17. The van der Waals surface area contributed by atoms with Crippen LogP contribution in [0.3, 0.4) is 0 Å². The summed E-state index contributed by atoms with van der Waals surface area (Å²) in [4.78, 5) is 13.9. The zero-order valence-electron chi connectivity index (χ0n) is 11.6. The second-order valence-electron chi connectivity index (χ2n) is 4.54. The number of hydrogen-bond donors (Lipinski definition) is 0. The molecule has 1 amide bonds. The number of amides is 1. The van der Waals surface area contributed by atoms with Crippen LogP contribution in [0.2, 0.25) is 0 Å². The summed E-state index contributed by atoms with van der Waals surface area (Å²) in [7, 11) is 1.77. The van der Waals surface area contributed by atoms with E-state index < -0.39 is 0 Å². The Morgan fingerprint density at radius 3 is 2.48 bits per heavy atom. The maximum atomic E-state index is 12.2. The minimum atomic E-state index is -0.0179. The van der Waals surface area contributed by atoms with Crippen molar-refractivity contribution in [3.8, 4) is 5.75 Å². The first-order valence-corrected chi connectivity index (χ1v) is 8.04. The van der Waals surface area contributed by atoms with E-state index in [1.54, 1.807) is 18.0 Å². The van der Waals surface area contributed by atoms with E-state index in [1.807, 2.05) is 42.5 Å². The molecule has 0 atom stereocenters. The van der Waals surface area contributed by atoms with Gasteiger partial charge in [0.15, 0.2) is 0 Å². The smallest absolute Gasteiger partial charge is 0.253 e. The summed E-state index contributed by atoms with van der Waals surface area (Å²) < 4.78 is 7.52. The van der Waals surface area contributed by atoms with Crippen LogP contribution in [0, 0.1) is 0 Å². The third-order valence-electron chi connectivity index (χ3n) is 2.93. The lowest BCUT2D eigenvalue weighted by molar-refractivity contribution is 0.0773. The molecule has 110 valence electrons. The van der Waals surface area contributed by atoms with Crippen LogP contribution in [0.5, 0.6) is 5.75 Å². The SMILES string of the molecule is CN(CCOc1ccc(Br)cc1)C(=O)c1cccc(Br)c1. The fourth-order valence-electron chi connectivity index (χ4n) is 1.77. The minimum absolute atomic E-state index is 0.0179. The second kappa shape index (κ2) is 7.61. The van der Waals surface area contributed by atoms with Crippen LogP contribution in [0.25, 0.3) is 0 Å². The van der Waals surface area contributed by atoms with Gasteiger partial charge < -0.3 is 9.64 Å². The summed E-state index contributed by atoms with van der Waals surface area (Å²) in [5.41, 5.74) is 0.663. The molecule has 0 aliphatic rings. The number of carbonyl (C=O) groups is 1. The molecule has 5 heteroatoms. The van der Waals surface area contributed by atoms with Crippen molar-refractivity contribution in [2.45, 2.75) is 0 Å². The van der Waals surface area contributed by atoms with Crippen LogP contribution in [0.15, 0.2) is 57.5 Å². The van der Waals surface area contributed by atoms with E-state index in [9.17, 15) is 4.79 Å². The van der Waals surface area contributed by atoms with Gasteiger partial charge in [0.1, 0.15) is 12.4 Å². The predicted octanol–water partition coefficient (Wildman–Crippen LogP) is 4.36. The van der Waals surface area contributed by atoms with Gasteiger partial charge in [0.2, 0.25) is 0 Å². The molecular formula is C16H15Br2NO2. The standard InChI is InChI=1S/C16H15Br2NO2/c1-19(16(20)12-3-2-4-14(18)11-12)9-10-21-15-7-5-13(17)6-8-15/h2-8,11H,9-10H2,1H3. The molecule has 0 heterocycles. The van der Waals surface area contributed by atoms with E-state index in [2.05, 4.69) is 31.9 Å². The van der Waals surface area contributed by atoms with E-state index in [0.717, 1.165) is 14.7 Å². The highest BCUT2D eigenvalue weighted by molar-refractivity contribution is 9.10. The van der Waals surface area contributed by atoms with E-state index >= 15 is 0 Å². The minimum Gasteiger partial charge on any atom is -0.492 e. The van der Waals surface area contributed by atoms with Gasteiger partial charge in [-0.2, -0.15) is 0 Å². The van der Waals surface area contributed by atoms with Gasteiger partial charge in [-0.3, -0.25) is 4.79 Å². The van der Waals surface area contributed by atoms with Crippen LogP contribution < -0.4 is 4.74 Å². The Balaban J connectivity index is 1.85. The normalized spacial score (nSPS) is 10.2. The van der Waals surface area contributed by atoms with Crippen molar-refractivity contribution in [3.05, 3.63) is 63.0 Å². The molecule has 0 radical (unpaired) electrons. The highest BCUT2D eigenvalue weighted by atomic mass is 79.9. The molecule has 2 aromatic carbocycles. The first kappa shape index (κ1) is 16.0. The maximum absolute atomic E-state index is 12.2. The monoisotopic (exact) mass is 411 g/mol. The van der Waals surface area contributed by atoms with Gasteiger partial charge in [-0.15, -0.1) is 0 Å². The Kier molecular flexibility index (Phi) is 5.82. The zero-order chi connectivity index (χ0) is 15.2. The topological polar surface area (TPSA) is 29.5 Å². The number of halogens is 2. The number of likely N-dealkylation sites (N-methyl/N-ethyl adjacent to an activating group) is 1. The second-order valence-corrected chi connectivity index (χ2v) is 6.37. The molecular weight excluding hydrogens is 398 g/mol. The number of ether oxygens (including phenoxy) is 1. The molecule has 0 aliphatic carbocycles. The molecule has 0 aliphatic heterocycles. The lowest BCUT2D eigenvalue weighted by atomic mass is 10.2. The van der Waals surface area contributed by atoms with Crippen molar-refractivity contribution in [3.63, 3.8) is 0 Å². The van der Waals surface area contributed by atoms with Gasteiger partial charge in [-0.05, 0) is 42.5 Å².